The van der Waals surface area contributed by atoms with Gasteiger partial charge in [0.1, 0.15) is 12.4 Å². The lowest BCUT2D eigenvalue weighted by Crippen LogP contribution is -2.15. The Morgan fingerprint density at radius 1 is 1.12 bits per heavy atom. The fourth-order valence-electron chi connectivity index (χ4n) is 3.01. The second-order valence-electron chi connectivity index (χ2n) is 6.62. The molecule has 6 nitrogen and oxygen atoms in total. The van der Waals surface area contributed by atoms with Crippen molar-refractivity contribution < 1.29 is 23.0 Å². The number of thioether (sulfide) groups is 1. The number of aromatic nitrogens is 3. The molecule has 0 aliphatic rings. The minimum absolute atomic E-state index is 0.0767. The monoisotopic (exact) mass is 477 g/mol. The van der Waals surface area contributed by atoms with Gasteiger partial charge >= 0.3 is 5.57 Å². The lowest BCUT2D eigenvalue weighted by molar-refractivity contribution is -0.0964. The Bertz CT molecular complexity index is 1200. The Hall–Kier alpha value is -3.04. The molecule has 2 aromatic heterocycles. The van der Waals surface area contributed by atoms with Crippen LogP contribution >= 0.6 is 23.4 Å². The highest BCUT2D eigenvalue weighted by molar-refractivity contribution is 7.98. The number of hydrogen-bond acceptors (Lipinski definition) is 6. The van der Waals surface area contributed by atoms with Crippen molar-refractivity contribution in [3.63, 3.8) is 0 Å². The van der Waals surface area contributed by atoms with Crippen molar-refractivity contribution >= 4 is 34.4 Å². The quantitative estimate of drug-likeness (QED) is 0.235. The van der Waals surface area contributed by atoms with E-state index in [9.17, 15) is 8.78 Å². The van der Waals surface area contributed by atoms with Gasteiger partial charge in [0.25, 0.3) is 0 Å². The predicted octanol–water partition coefficient (Wildman–Crippen LogP) is 6.01. The van der Waals surface area contributed by atoms with Crippen LogP contribution in [0.1, 0.15) is 11.3 Å². The second-order valence-corrected chi connectivity index (χ2v) is 8.02. The number of H-pyrrole nitrogens is 1. The molecule has 0 bridgehead atoms. The molecule has 166 valence electrons. The summed E-state index contributed by atoms with van der Waals surface area (Å²) in [6.45, 7) is 0.406. The van der Waals surface area contributed by atoms with Gasteiger partial charge in [-0.25, -0.2) is 4.98 Å². The van der Waals surface area contributed by atoms with Crippen LogP contribution in [0, 0.1) is 0 Å². The van der Waals surface area contributed by atoms with Crippen LogP contribution in [0.15, 0.2) is 66.0 Å². The van der Waals surface area contributed by atoms with Gasteiger partial charge in [-0.3, -0.25) is 4.98 Å². The van der Waals surface area contributed by atoms with Gasteiger partial charge in [-0.05, 0) is 17.7 Å². The first-order chi connectivity index (χ1) is 15.4. The van der Waals surface area contributed by atoms with Crippen LogP contribution < -0.4 is 14.2 Å². The number of halogens is 3. The maximum atomic E-state index is 12.9. The number of rotatable bonds is 9. The van der Waals surface area contributed by atoms with Gasteiger partial charge in [0.05, 0.1) is 23.8 Å². The highest BCUT2D eigenvalue weighted by atomic mass is 35.5. The number of fused-ring (bicyclic) bond motifs is 1. The second kappa shape index (κ2) is 9.62. The fraction of sp³-hybridized carbons (Fsp3) is 0.182. The Labute approximate surface area is 191 Å². The van der Waals surface area contributed by atoms with Crippen LogP contribution in [0.4, 0.5) is 8.78 Å². The summed E-state index contributed by atoms with van der Waals surface area (Å²) >= 11 is 6.21. The van der Waals surface area contributed by atoms with Crippen LogP contribution in [0.3, 0.4) is 0 Å². The van der Waals surface area contributed by atoms with Gasteiger partial charge in [0.2, 0.25) is 0 Å². The van der Waals surface area contributed by atoms with E-state index < -0.39 is 5.57 Å². The standard InChI is InChI=1S/C22H18ClF2N3O3S/c1-29-20-18(26-10-9-19(20)30-12-14-5-3-2-4-6-14)13-32-21-27-16-8-7-15(11-17(16)28-21)31-22(23,24)25/h2-11H,12-13H2,1H3,(H,27,28). The molecule has 0 spiro atoms. The van der Waals surface area contributed by atoms with Crippen molar-refractivity contribution in [3.05, 3.63) is 72.1 Å². The number of imidazole rings is 1. The summed E-state index contributed by atoms with van der Waals surface area (Å²) in [5.74, 6) is 1.52. The summed E-state index contributed by atoms with van der Waals surface area (Å²) in [5.41, 5.74) is -0.894. The van der Waals surface area contributed by atoms with Crippen molar-refractivity contribution in [3.8, 4) is 17.2 Å². The molecule has 0 saturated heterocycles. The zero-order valence-corrected chi connectivity index (χ0v) is 18.4. The number of nitrogens with one attached hydrogen (secondary N) is 1. The Kier molecular flexibility index (Phi) is 6.66. The maximum absolute atomic E-state index is 12.9. The van der Waals surface area contributed by atoms with E-state index >= 15 is 0 Å². The Morgan fingerprint density at radius 2 is 1.94 bits per heavy atom. The zero-order valence-electron chi connectivity index (χ0n) is 16.8. The minimum atomic E-state index is -3.78. The normalized spacial score (nSPS) is 11.5. The predicted molar refractivity (Wildman–Crippen MR) is 119 cm³/mol. The third-order valence-corrected chi connectivity index (χ3v) is 5.36. The first-order valence-corrected chi connectivity index (χ1v) is 10.8. The van der Waals surface area contributed by atoms with E-state index in [4.69, 9.17) is 21.1 Å². The summed E-state index contributed by atoms with van der Waals surface area (Å²) in [7, 11) is 1.57. The van der Waals surface area contributed by atoms with Crippen molar-refractivity contribution in [2.75, 3.05) is 7.11 Å². The van der Waals surface area contributed by atoms with Gasteiger partial charge in [-0.2, -0.15) is 0 Å². The number of benzene rings is 2. The zero-order chi connectivity index (χ0) is 22.6. The van der Waals surface area contributed by atoms with E-state index in [0.29, 0.717) is 45.7 Å². The summed E-state index contributed by atoms with van der Waals surface area (Å²) in [4.78, 5) is 11.9. The van der Waals surface area contributed by atoms with E-state index in [0.717, 1.165) is 5.56 Å². The van der Waals surface area contributed by atoms with Crippen molar-refractivity contribution in [1.29, 1.82) is 0 Å². The first-order valence-electron chi connectivity index (χ1n) is 9.48. The number of aromatic amines is 1. The Morgan fingerprint density at radius 3 is 2.69 bits per heavy atom. The van der Waals surface area contributed by atoms with E-state index in [2.05, 4.69) is 19.7 Å². The van der Waals surface area contributed by atoms with Crippen molar-refractivity contribution in [2.45, 2.75) is 23.1 Å². The number of alkyl halides is 3. The largest absolute Gasteiger partial charge is 0.491 e. The molecule has 4 rings (SSSR count). The lowest BCUT2D eigenvalue weighted by Gasteiger charge is -2.13. The summed E-state index contributed by atoms with van der Waals surface area (Å²) in [6, 6.07) is 16.0. The summed E-state index contributed by atoms with van der Waals surface area (Å²) in [6.07, 6.45) is 1.66. The maximum Gasteiger partial charge on any atom is 0.487 e. The average Bonchev–Trinajstić information content (AvgIpc) is 3.18. The fourth-order valence-corrected chi connectivity index (χ4v) is 3.92. The molecular weight excluding hydrogens is 460 g/mol. The van der Waals surface area contributed by atoms with Gasteiger partial charge in [-0.1, -0.05) is 42.1 Å². The molecule has 2 heterocycles. The molecule has 0 saturated carbocycles. The third kappa shape index (κ3) is 5.60. The molecule has 1 N–H and O–H groups in total. The molecule has 4 aromatic rings. The number of pyridine rings is 1. The van der Waals surface area contributed by atoms with Gasteiger partial charge in [0.15, 0.2) is 16.7 Å². The highest BCUT2D eigenvalue weighted by Gasteiger charge is 2.27. The molecule has 0 atom stereocenters. The van der Waals surface area contributed by atoms with E-state index in [-0.39, 0.29) is 5.75 Å². The van der Waals surface area contributed by atoms with E-state index in [1.54, 1.807) is 25.4 Å². The van der Waals surface area contributed by atoms with Crippen molar-refractivity contribution in [1.82, 2.24) is 15.0 Å². The molecule has 0 radical (unpaired) electrons. The van der Waals surface area contributed by atoms with Gasteiger partial charge in [0, 0.05) is 35.7 Å². The SMILES string of the molecule is COc1c(OCc2ccccc2)ccnc1CSc1nc2cc(OC(F)(F)Cl)ccc2[nH]1. The molecule has 0 amide bonds. The van der Waals surface area contributed by atoms with Crippen molar-refractivity contribution in [2.24, 2.45) is 0 Å². The topological polar surface area (TPSA) is 69.3 Å². The molecule has 0 fully saturated rings. The number of nitrogens with zero attached hydrogens (tertiary/aromatic N) is 2. The smallest absolute Gasteiger partial charge is 0.487 e. The van der Waals surface area contributed by atoms with Crippen LogP contribution in [0.25, 0.3) is 11.0 Å². The molecule has 0 aliphatic heterocycles. The number of ether oxygens (including phenoxy) is 3. The summed E-state index contributed by atoms with van der Waals surface area (Å²) < 4.78 is 41.6. The number of methoxy groups -OCH3 is 1. The molecule has 10 heteroatoms. The molecule has 0 aliphatic carbocycles. The molecule has 2 aromatic carbocycles. The molecular formula is C22H18ClF2N3O3S. The highest BCUT2D eigenvalue weighted by Crippen LogP contribution is 2.34. The van der Waals surface area contributed by atoms with Gasteiger partial charge in [-0.15, -0.1) is 8.78 Å². The molecule has 0 unspecified atom stereocenters. The van der Waals surface area contributed by atoms with Crippen LogP contribution in [-0.2, 0) is 12.4 Å². The van der Waals surface area contributed by atoms with Gasteiger partial charge < -0.3 is 19.2 Å². The lowest BCUT2D eigenvalue weighted by atomic mass is 10.2. The average molecular weight is 478 g/mol. The first kappa shape index (κ1) is 22.2. The van der Waals surface area contributed by atoms with E-state index in [1.165, 1.54) is 23.9 Å². The minimum Gasteiger partial charge on any atom is -0.491 e. The summed E-state index contributed by atoms with van der Waals surface area (Å²) in [5, 5.41) is 0.592. The molecule has 32 heavy (non-hydrogen) atoms. The number of hydrogen-bond donors (Lipinski definition) is 1. The van der Waals surface area contributed by atoms with E-state index in [1.807, 2.05) is 30.3 Å². The van der Waals surface area contributed by atoms with Crippen LogP contribution in [0.2, 0.25) is 0 Å². The Balaban J connectivity index is 1.46. The van der Waals surface area contributed by atoms with Crippen LogP contribution in [0.5, 0.6) is 17.2 Å². The third-order valence-electron chi connectivity index (χ3n) is 4.40. The van der Waals surface area contributed by atoms with Crippen LogP contribution in [-0.4, -0.2) is 27.6 Å².